The van der Waals surface area contributed by atoms with Gasteiger partial charge in [0.05, 0.1) is 38.6 Å². The molecule has 81 heavy (non-hydrogen) atoms. The summed E-state index contributed by atoms with van der Waals surface area (Å²) in [6.07, 6.45) is 4.75. The number of nitrogens with one attached hydrogen (secondary N) is 1. The fourth-order valence-corrected chi connectivity index (χ4v) is 11.2. The van der Waals surface area contributed by atoms with Gasteiger partial charge < -0.3 is 100 Å². The molecule has 21 heteroatoms. The molecule has 3 aliphatic heterocycles. The first-order valence-corrected chi connectivity index (χ1v) is 31.8. The van der Waals surface area contributed by atoms with Gasteiger partial charge in [-0.2, -0.15) is 0 Å². The Labute approximate surface area is 484 Å². The SMILES string of the molecule is CCCCCCCCCCCCCCCCCCCCCCC(O)C(=O)NC(COC1OC(CO)C(O)C(O[C@@H]2O[C@@H](C(O)CO)C(O)C2O[C@H]2O[C@@H](C(O)CO)C(O)C2O)C1O)C(O)C(O)CCCCCCCCCCCC(C)C. The fourth-order valence-electron chi connectivity index (χ4n) is 11.2. The maximum absolute atomic E-state index is 13.6. The molecule has 21 nitrogen and oxygen atoms in total. The van der Waals surface area contributed by atoms with Gasteiger partial charge in [0.25, 0.3) is 0 Å². The van der Waals surface area contributed by atoms with Gasteiger partial charge in [-0.3, -0.25) is 4.79 Å². The zero-order valence-electron chi connectivity index (χ0n) is 49.7. The molecule has 0 aliphatic carbocycles. The molecule has 3 fully saturated rings. The highest BCUT2D eigenvalue weighted by molar-refractivity contribution is 5.80. The minimum absolute atomic E-state index is 0.158. The molecule has 0 radical (unpaired) electrons. The van der Waals surface area contributed by atoms with Gasteiger partial charge in [0.15, 0.2) is 18.9 Å². The van der Waals surface area contributed by atoms with E-state index in [1.54, 1.807) is 0 Å². The molecule has 15 unspecified atom stereocenters. The standard InChI is InChI=1S/C60H115NO20/c1-4-5-6-7-8-9-10-11-12-13-14-15-16-17-18-19-22-26-29-32-35-43(66)57(75)61-41(47(69)42(65)34-31-28-25-23-20-21-24-27-30-33-40(2)3)39-76-58-52(74)55(48(70)46(38-64)77-58)80-60-56(51(73)54(79-60)45(68)37-63)81-59-50(72)49(71)53(78-59)44(67)36-62/h40-56,58-60,62-74H,4-39H2,1-3H3,(H,61,75)/t41?,42?,43?,44?,45?,46?,47?,48?,49?,50?,51?,52?,53-,54-,55?,56?,58?,59+,60-/m0/s1. The Morgan fingerprint density at radius 3 is 1.35 bits per heavy atom. The Balaban J connectivity index is 1.57. The third kappa shape index (κ3) is 27.5. The predicted molar refractivity (Wildman–Crippen MR) is 303 cm³/mol. The topological polar surface area (TPSA) is 347 Å². The van der Waals surface area contributed by atoms with Crippen molar-refractivity contribution in [3.63, 3.8) is 0 Å². The van der Waals surface area contributed by atoms with Crippen LogP contribution in [0.2, 0.25) is 0 Å². The van der Waals surface area contributed by atoms with Gasteiger partial charge in [-0.15, -0.1) is 0 Å². The summed E-state index contributed by atoms with van der Waals surface area (Å²) in [5, 5.41) is 142. The predicted octanol–water partition coefficient (Wildman–Crippen LogP) is 4.18. The summed E-state index contributed by atoms with van der Waals surface area (Å²) in [5.41, 5.74) is 0. The molecule has 3 aliphatic rings. The first-order chi connectivity index (χ1) is 39.0. The molecular formula is C60H115NO20. The molecule has 0 spiro atoms. The summed E-state index contributed by atoms with van der Waals surface area (Å²) in [4.78, 5) is 13.6. The van der Waals surface area contributed by atoms with Crippen LogP contribution in [0.5, 0.6) is 0 Å². The average molecular weight is 1170 g/mol. The van der Waals surface area contributed by atoms with Crippen molar-refractivity contribution in [2.75, 3.05) is 26.4 Å². The number of hydrogen-bond acceptors (Lipinski definition) is 20. The number of aliphatic hydroxyl groups is 13. The van der Waals surface area contributed by atoms with E-state index in [1.165, 1.54) is 128 Å². The number of hydrogen-bond donors (Lipinski definition) is 14. The second-order valence-electron chi connectivity index (χ2n) is 24.0. The lowest BCUT2D eigenvalue weighted by Gasteiger charge is -2.43. The Hall–Kier alpha value is -1.29. The molecule has 3 rings (SSSR count). The molecule has 0 saturated carbocycles. The molecule has 0 aromatic heterocycles. The van der Waals surface area contributed by atoms with Crippen molar-refractivity contribution >= 4 is 5.91 Å². The molecule has 1 amide bonds. The van der Waals surface area contributed by atoms with Gasteiger partial charge >= 0.3 is 0 Å². The van der Waals surface area contributed by atoms with E-state index >= 15 is 0 Å². The smallest absolute Gasteiger partial charge is 0.249 e. The molecule has 14 N–H and O–H groups in total. The van der Waals surface area contributed by atoms with Gasteiger partial charge in [-0.05, 0) is 18.8 Å². The van der Waals surface area contributed by atoms with Crippen molar-refractivity contribution in [1.29, 1.82) is 0 Å². The van der Waals surface area contributed by atoms with Crippen LogP contribution in [0, 0.1) is 5.92 Å². The lowest BCUT2D eigenvalue weighted by Crippen LogP contribution is -2.62. The van der Waals surface area contributed by atoms with Crippen LogP contribution in [-0.4, -0.2) is 215 Å². The Morgan fingerprint density at radius 2 is 0.889 bits per heavy atom. The third-order valence-corrected chi connectivity index (χ3v) is 16.5. The van der Waals surface area contributed by atoms with E-state index in [0.717, 1.165) is 51.4 Å². The van der Waals surface area contributed by atoms with Crippen LogP contribution in [0.4, 0.5) is 0 Å². The van der Waals surface area contributed by atoms with E-state index in [-0.39, 0.29) is 12.8 Å². The molecule has 480 valence electrons. The number of unbranched alkanes of at least 4 members (excludes halogenated alkanes) is 27. The van der Waals surface area contributed by atoms with Crippen molar-refractivity contribution in [2.24, 2.45) is 5.92 Å². The largest absolute Gasteiger partial charge is 0.394 e. The van der Waals surface area contributed by atoms with E-state index in [4.69, 9.17) is 28.4 Å². The summed E-state index contributed by atoms with van der Waals surface area (Å²) in [5.74, 6) is -0.0955. The third-order valence-electron chi connectivity index (χ3n) is 16.5. The van der Waals surface area contributed by atoms with Crippen LogP contribution < -0.4 is 5.32 Å². The van der Waals surface area contributed by atoms with E-state index in [0.29, 0.717) is 18.8 Å². The minimum atomic E-state index is -1.96. The minimum Gasteiger partial charge on any atom is -0.394 e. The van der Waals surface area contributed by atoms with Crippen molar-refractivity contribution < 1.29 is 99.6 Å². The van der Waals surface area contributed by atoms with Crippen molar-refractivity contribution in [2.45, 2.75) is 343 Å². The summed E-state index contributed by atoms with van der Waals surface area (Å²) in [6.45, 7) is 3.49. The summed E-state index contributed by atoms with van der Waals surface area (Å²) < 4.78 is 34.6. The fraction of sp³-hybridized carbons (Fsp3) is 0.983. The van der Waals surface area contributed by atoms with Gasteiger partial charge in [0.1, 0.15) is 85.5 Å². The summed E-state index contributed by atoms with van der Waals surface area (Å²) >= 11 is 0. The number of ether oxygens (including phenoxy) is 6. The van der Waals surface area contributed by atoms with Crippen LogP contribution in [0.15, 0.2) is 0 Å². The van der Waals surface area contributed by atoms with Crippen molar-refractivity contribution in [3.8, 4) is 0 Å². The highest BCUT2D eigenvalue weighted by atomic mass is 16.8. The zero-order chi connectivity index (χ0) is 59.5. The molecule has 0 aromatic carbocycles. The van der Waals surface area contributed by atoms with Crippen molar-refractivity contribution in [3.05, 3.63) is 0 Å². The second kappa shape index (κ2) is 43.4. The first-order valence-electron chi connectivity index (χ1n) is 31.8. The monoisotopic (exact) mass is 1170 g/mol. The average Bonchev–Trinajstić information content (AvgIpc) is 4.10. The van der Waals surface area contributed by atoms with Gasteiger partial charge in [0.2, 0.25) is 5.91 Å². The summed E-state index contributed by atoms with van der Waals surface area (Å²) in [7, 11) is 0. The highest BCUT2D eigenvalue weighted by Gasteiger charge is 2.56. The number of carbonyl (C=O) groups excluding carboxylic acids is 1. The molecule has 0 bridgehead atoms. The van der Waals surface area contributed by atoms with E-state index in [2.05, 4.69) is 26.1 Å². The van der Waals surface area contributed by atoms with Crippen molar-refractivity contribution in [1.82, 2.24) is 5.32 Å². The molecular weight excluding hydrogens is 1050 g/mol. The summed E-state index contributed by atoms with van der Waals surface area (Å²) in [6, 6.07) is -1.37. The molecule has 0 aromatic rings. The highest BCUT2D eigenvalue weighted by Crippen LogP contribution is 2.36. The van der Waals surface area contributed by atoms with Crippen LogP contribution in [-0.2, 0) is 33.2 Å². The van der Waals surface area contributed by atoms with E-state index < -0.39 is 149 Å². The van der Waals surface area contributed by atoms with Crippen LogP contribution in [0.1, 0.15) is 226 Å². The number of amides is 1. The Bertz CT molecular complexity index is 1540. The van der Waals surface area contributed by atoms with Crippen LogP contribution in [0.25, 0.3) is 0 Å². The van der Waals surface area contributed by atoms with Gasteiger partial charge in [-0.25, -0.2) is 0 Å². The maximum Gasteiger partial charge on any atom is 0.249 e. The van der Waals surface area contributed by atoms with Gasteiger partial charge in [-0.1, -0.05) is 213 Å². The van der Waals surface area contributed by atoms with Crippen LogP contribution >= 0.6 is 0 Å². The maximum atomic E-state index is 13.6. The molecule has 3 saturated heterocycles. The lowest BCUT2D eigenvalue weighted by molar-refractivity contribution is -0.338. The Morgan fingerprint density at radius 1 is 0.469 bits per heavy atom. The zero-order valence-corrected chi connectivity index (χ0v) is 49.7. The van der Waals surface area contributed by atoms with Crippen LogP contribution in [0.3, 0.4) is 0 Å². The number of rotatable bonds is 49. The van der Waals surface area contributed by atoms with E-state index in [1.807, 2.05) is 0 Å². The van der Waals surface area contributed by atoms with Gasteiger partial charge in [0, 0.05) is 0 Å². The quantitative estimate of drug-likeness (QED) is 0.0380. The number of carbonyl (C=O) groups is 1. The second-order valence-corrected chi connectivity index (χ2v) is 24.0. The normalized spacial score (nSPS) is 29.3. The molecule has 19 atom stereocenters. The lowest BCUT2D eigenvalue weighted by atomic mass is 9.98. The Kier molecular flexibility index (Phi) is 39.6. The first kappa shape index (κ1) is 74.0. The molecule has 3 heterocycles. The van der Waals surface area contributed by atoms with E-state index in [9.17, 15) is 71.2 Å². The number of aliphatic hydroxyl groups excluding tert-OH is 13.